The number of hydrogen-bond acceptors (Lipinski definition) is 3. The van der Waals surface area contributed by atoms with Gasteiger partial charge in [-0.15, -0.1) is 0 Å². The lowest BCUT2D eigenvalue weighted by Crippen LogP contribution is -2.15. The summed E-state index contributed by atoms with van der Waals surface area (Å²) >= 11 is 0. The first-order chi connectivity index (χ1) is 12.7. The zero-order valence-electron chi connectivity index (χ0n) is 13.8. The average Bonchev–Trinajstić information content (AvgIpc) is 3.15. The molecule has 1 heterocycles. The van der Waals surface area contributed by atoms with Crippen molar-refractivity contribution in [2.45, 2.75) is 6.18 Å². The first kappa shape index (κ1) is 18.7. The van der Waals surface area contributed by atoms with Gasteiger partial charge in [0.2, 0.25) is 0 Å². The molecule has 0 aliphatic carbocycles. The van der Waals surface area contributed by atoms with Gasteiger partial charge in [-0.2, -0.15) is 18.3 Å². The molecule has 0 unspecified atom stereocenters. The van der Waals surface area contributed by atoms with E-state index in [0.717, 1.165) is 17.5 Å². The summed E-state index contributed by atoms with van der Waals surface area (Å²) < 4.78 is 67.8. The molecular weight excluding hydrogens is 379 g/mol. The Bertz CT molecular complexity index is 1050. The summed E-state index contributed by atoms with van der Waals surface area (Å²) in [7, 11) is -4.14. The molecule has 0 spiro atoms. The van der Waals surface area contributed by atoms with Crippen LogP contribution < -0.4 is 4.72 Å². The lowest BCUT2D eigenvalue weighted by molar-refractivity contribution is -0.136. The summed E-state index contributed by atoms with van der Waals surface area (Å²) in [6, 6.07) is 13.4. The van der Waals surface area contributed by atoms with E-state index in [1.165, 1.54) is 29.2 Å². The molecule has 0 radical (unpaired) electrons. The zero-order chi connectivity index (χ0) is 19.5. The number of nitrogens with one attached hydrogen (secondary N) is 1. The standard InChI is InChI=1S/C18H14F3N3O2S/c19-18(20,21)16-13-15(24-11-4-10-22-24)7-8-17(16)23-27(25,26)12-9-14-5-2-1-3-6-14/h1-13,23H. The summed E-state index contributed by atoms with van der Waals surface area (Å²) in [6.07, 6.45) is -0.530. The van der Waals surface area contributed by atoms with Gasteiger partial charge >= 0.3 is 6.18 Å². The third-order valence-corrected chi connectivity index (χ3v) is 4.57. The second-order valence-electron chi connectivity index (χ2n) is 5.54. The molecule has 3 rings (SSSR count). The van der Waals surface area contributed by atoms with Crippen molar-refractivity contribution in [1.29, 1.82) is 0 Å². The van der Waals surface area contributed by atoms with Gasteiger partial charge in [0, 0.05) is 12.4 Å². The molecule has 3 aromatic rings. The number of halogens is 3. The number of alkyl halides is 3. The normalized spacial score (nSPS) is 12.4. The van der Waals surface area contributed by atoms with Gasteiger partial charge < -0.3 is 0 Å². The van der Waals surface area contributed by atoms with Crippen LogP contribution in [0.3, 0.4) is 0 Å². The first-order valence-corrected chi connectivity index (χ1v) is 9.26. The van der Waals surface area contributed by atoms with E-state index in [1.807, 2.05) is 4.72 Å². The van der Waals surface area contributed by atoms with Crippen LogP contribution in [0.25, 0.3) is 11.8 Å². The quantitative estimate of drug-likeness (QED) is 0.703. The lowest BCUT2D eigenvalue weighted by Gasteiger charge is -2.15. The third-order valence-electron chi connectivity index (χ3n) is 3.57. The minimum absolute atomic E-state index is 0.162. The molecule has 2 aromatic carbocycles. The monoisotopic (exact) mass is 393 g/mol. The topological polar surface area (TPSA) is 64.0 Å². The second kappa shape index (κ2) is 7.28. The van der Waals surface area contributed by atoms with Crippen LogP contribution in [0.1, 0.15) is 11.1 Å². The Morgan fingerprint density at radius 3 is 2.41 bits per heavy atom. The van der Waals surface area contributed by atoms with Crippen molar-refractivity contribution in [3.05, 3.63) is 83.5 Å². The van der Waals surface area contributed by atoms with Crippen molar-refractivity contribution in [1.82, 2.24) is 9.78 Å². The largest absolute Gasteiger partial charge is 0.418 e. The molecule has 5 nitrogen and oxygen atoms in total. The van der Waals surface area contributed by atoms with Gasteiger partial charge in [0.05, 0.1) is 22.3 Å². The van der Waals surface area contributed by atoms with E-state index in [0.29, 0.717) is 5.56 Å². The van der Waals surface area contributed by atoms with Crippen LogP contribution in [-0.2, 0) is 16.2 Å². The lowest BCUT2D eigenvalue weighted by atomic mass is 10.1. The maximum absolute atomic E-state index is 13.4. The van der Waals surface area contributed by atoms with E-state index < -0.39 is 27.5 Å². The number of nitrogens with zero attached hydrogens (tertiary/aromatic N) is 2. The van der Waals surface area contributed by atoms with Crippen LogP contribution >= 0.6 is 0 Å². The molecule has 140 valence electrons. The predicted molar refractivity (Wildman–Crippen MR) is 96.6 cm³/mol. The molecule has 1 N–H and O–H groups in total. The third kappa shape index (κ3) is 4.76. The van der Waals surface area contributed by atoms with Gasteiger partial charge in [-0.05, 0) is 35.9 Å². The number of rotatable bonds is 5. The highest BCUT2D eigenvalue weighted by Crippen LogP contribution is 2.36. The number of aromatic nitrogens is 2. The number of hydrogen-bond donors (Lipinski definition) is 1. The molecule has 0 saturated heterocycles. The Morgan fingerprint density at radius 2 is 1.78 bits per heavy atom. The van der Waals surface area contributed by atoms with Crippen LogP contribution in [0, 0.1) is 0 Å². The van der Waals surface area contributed by atoms with Crippen LogP contribution in [0.5, 0.6) is 0 Å². The SMILES string of the molecule is O=S(=O)(C=Cc1ccccc1)Nc1ccc(-n2cccn2)cc1C(F)(F)F. The molecule has 0 bridgehead atoms. The molecule has 1 aromatic heterocycles. The predicted octanol–water partition coefficient (Wildman–Crippen LogP) is 4.30. The van der Waals surface area contributed by atoms with Gasteiger partial charge in [-0.1, -0.05) is 30.3 Å². The van der Waals surface area contributed by atoms with Gasteiger partial charge in [0.1, 0.15) is 0 Å². The fraction of sp³-hybridized carbons (Fsp3) is 0.0556. The zero-order valence-corrected chi connectivity index (χ0v) is 14.6. The van der Waals surface area contributed by atoms with Gasteiger partial charge in [-0.3, -0.25) is 4.72 Å². The van der Waals surface area contributed by atoms with Crippen LogP contribution in [-0.4, -0.2) is 18.2 Å². The molecule has 0 amide bonds. The Labute approximate surface area is 153 Å². The highest BCUT2D eigenvalue weighted by atomic mass is 32.2. The summed E-state index contributed by atoms with van der Waals surface area (Å²) in [5.74, 6) is 0. The first-order valence-electron chi connectivity index (χ1n) is 7.72. The molecule has 0 saturated carbocycles. The second-order valence-corrected chi connectivity index (χ2v) is 7.11. The van der Waals surface area contributed by atoms with Crippen molar-refractivity contribution < 1.29 is 21.6 Å². The maximum Gasteiger partial charge on any atom is 0.418 e. The smallest absolute Gasteiger partial charge is 0.280 e. The van der Waals surface area contributed by atoms with E-state index in [-0.39, 0.29) is 5.69 Å². The molecule has 0 aliphatic rings. The molecule has 27 heavy (non-hydrogen) atoms. The van der Waals surface area contributed by atoms with Crippen molar-refractivity contribution in [2.75, 3.05) is 4.72 Å². The number of anilines is 1. The minimum Gasteiger partial charge on any atom is -0.280 e. The van der Waals surface area contributed by atoms with E-state index in [2.05, 4.69) is 5.10 Å². The van der Waals surface area contributed by atoms with Crippen LogP contribution in [0.15, 0.2) is 72.4 Å². The van der Waals surface area contributed by atoms with E-state index in [4.69, 9.17) is 0 Å². The van der Waals surface area contributed by atoms with Crippen molar-refractivity contribution in [3.8, 4) is 5.69 Å². The molecule has 0 fully saturated rings. The summed E-state index contributed by atoms with van der Waals surface area (Å²) in [4.78, 5) is 0. The van der Waals surface area contributed by atoms with Crippen molar-refractivity contribution in [3.63, 3.8) is 0 Å². The Balaban J connectivity index is 1.92. The summed E-state index contributed by atoms with van der Waals surface area (Å²) in [5.41, 5.74) is -0.897. The Morgan fingerprint density at radius 1 is 1.04 bits per heavy atom. The van der Waals surface area contributed by atoms with Gasteiger partial charge in [0.25, 0.3) is 10.0 Å². The van der Waals surface area contributed by atoms with Crippen molar-refractivity contribution in [2.24, 2.45) is 0 Å². The Hall–Kier alpha value is -3.07. The minimum atomic E-state index is -4.75. The van der Waals surface area contributed by atoms with Gasteiger partial charge in [0.15, 0.2) is 0 Å². The Kier molecular flexibility index (Phi) is 5.04. The van der Waals surface area contributed by atoms with Gasteiger partial charge in [-0.25, -0.2) is 13.1 Å². The molecule has 9 heteroatoms. The molecular formula is C18H14F3N3O2S. The number of sulfonamides is 1. The van der Waals surface area contributed by atoms with E-state index in [9.17, 15) is 21.6 Å². The van der Waals surface area contributed by atoms with Crippen LogP contribution in [0.4, 0.5) is 18.9 Å². The highest BCUT2D eigenvalue weighted by Gasteiger charge is 2.34. The fourth-order valence-corrected chi connectivity index (χ4v) is 3.23. The maximum atomic E-state index is 13.4. The fourth-order valence-electron chi connectivity index (χ4n) is 2.34. The van der Waals surface area contributed by atoms with E-state index >= 15 is 0 Å². The van der Waals surface area contributed by atoms with Crippen molar-refractivity contribution >= 4 is 21.8 Å². The highest BCUT2D eigenvalue weighted by molar-refractivity contribution is 7.95. The summed E-state index contributed by atoms with van der Waals surface area (Å²) in [5, 5.41) is 4.70. The molecule has 0 aliphatic heterocycles. The average molecular weight is 393 g/mol. The van der Waals surface area contributed by atoms with Crippen LogP contribution in [0.2, 0.25) is 0 Å². The summed E-state index contributed by atoms with van der Waals surface area (Å²) in [6.45, 7) is 0. The number of benzene rings is 2. The molecule has 0 atom stereocenters. The van der Waals surface area contributed by atoms with E-state index in [1.54, 1.807) is 36.4 Å².